The minimum atomic E-state index is 0.670. The van der Waals surface area contributed by atoms with Crippen molar-refractivity contribution in [1.82, 2.24) is 0 Å². The van der Waals surface area contributed by atoms with Gasteiger partial charge in [0.1, 0.15) is 100 Å². The molecule has 0 saturated heterocycles. The summed E-state index contributed by atoms with van der Waals surface area (Å²) in [4.78, 5) is 0. The van der Waals surface area contributed by atoms with Crippen LogP contribution in [-0.4, -0.2) is 0 Å². The van der Waals surface area contributed by atoms with Gasteiger partial charge in [-0.15, -0.1) is 0 Å². The van der Waals surface area contributed by atoms with Gasteiger partial charge in [0, 0.05) is 0 Å². The zero-order valence-electron chi connectivity index (χ0n) is 33.5. The molecule has 18 heterocycles. The van der Waals surface area contributed by atoms with Gasteiger partial charge in [-0.05, 0) is 218 Å². The molecule has 0 amide bonds. The van der Waals surface area contributed by atoms with Crippen molar-refractivity contribution in [2.45, 2.75) is 0 Å². The third-order valence-corrected chi connectivity index (χ3v) is 9.53. The maximum Gasteiger partial charge on any atom is 0.127 e. The third-order valence-electron chi connectivity index (χ3n) is 9.53. The Kier molecular flexibility index (Phi) is 10.8. The first-order valence-corrected chi connectivity index (χ1v) is 20.1. The van der Waals surface area contributed by atoms with E-state index in [1.807, 2.05) is 218 Å². The molecule has 9 nitrogen and oxygen atoms in total. The normalized spacial score (nSPS) is 10.9. The minimum absolute atomic E-state index is 0.670. The van der Waals surface area contributed by atoms with Crippen molar-refractivity contribution in [3.05, 3.63) is 218 Å². The molecule has 0 saturated carbocycles. The Morgan fingerprint density at radius 3 is 0.190 bits per heavy atom. The van der Waals surface area contributed by atoms with Crippen molar-refractivity contribution in [2.75, 3.05) is 0 Å². The van der Waals surface area contributed by atoms with Gasteiger partial charge in [0.2, 0.25) is 0 Å². The van der Waals surface area contributed by atoms with Crippen molar-refractivity contribution in [1.29, 1.82) is 0 Å². The van der Waals surface area contributed by atoms with Crippen LogP contribution in [0.5, 0.6) is 0 Å². The topological polar surface area (TPSA) is 118 Å². The molecule has 0 radical (unpaired) electrons. The van der Waals surface area contributed by atoms with Crippen LogP contribution in [0.1, 0.15) is 0 Å². The lowest BCUT2D eigenvalue weighted by atomic mass is 10.3. The Labute approximate surface area is 357 Å². The lowest BCUT2D eigenvalue weighted by Crippen LogP contribution is -1.70. The van der Waals surface area contributed by atoms with E-state index in [-0.39, 0.29) is 0 Å². The second-order valence-corrected chi connectivity index (χ2v) is 14.2. The van der Waals surface area contributed by atoms with Crippen LogP contribution in [0.25, 0.3) is 100 Å². The van der Waals surface area contributed by atoms with Gasteiger partial charge in [-0.25, -0.2) is 0 Å². The van der Waals surface area contributed by atoms with Gasteiger partial charge in [-0.2, -0.15) is 0 Å². The fraction of sp³-hybridized carbons (Fsp3) is 0. The van der Waals surface area contributed by atoms with Crippen molar-refractivity contribution in [2.24, 2.45) is 0 Å². The second kappa shape index (κ2) is 17.8. The van der Waals surface area contributed by atoms with Crippen LogP contribution in [0.4, 0.5) is 0 Å². The lowest BCUT2D eigenvalue weighted by molar-refractivity contribution is 0.638. The van der Waals surface area contributed by atoms with Gasteiger partial charge in [0.05, 0.1) is 0 Å². The van der Waals surface area contributed by atoms with Crippen molar-refractivity contribution in [3.63, 3.8) is 0 Å². The third kappa shape index (κ3) is 10.1. The summed E-state index contributed by atoms with van der Waals surface area (Å²) in [6, 6.07) is 66.8. The van der Waals surface area contributed by atoms with Crippen molar-refractivity contribution in [3.8, 4) is 0 Å². The molecule has 0 spiro atoms. The van der Waals surface area contributed by atoms with E-state index in [0.29, 0.717) is 100 Å². The first kappa shape index (κ1) is 38.4. The molecule has 306 valence electrons. The molecule has 0 atom stereocenters. The summed E-state index contributed by atoms with van der Waals surface area (Å²) in [7, 11) is 0. The van der Waals surface area contributed by atoms with Crippen molar-refractivity contribution >= 4 is 100 Å². The number of hydrogen-bond acceptors (Lipinski definition) is 9. The van der Waals surface area contributed by atoms with Gasteiger partial charge >= 0.3 is 0 Å². The Morgan fingerprint density at radius 2 is 0.143 bits per heavy atom. The van der Waals surface area contributed by atoms with Gasteiger partial charge in [-0.1, -0.05) is 0 Å². The summed E-state index contributed by atoms with van der Waals surface area (Å²) in [6.45, 7) is 0. The van der Waals surface area contributed by atoms with Gasteiger partial charge in [0.15, 0.2) is 0 Å². The summed E-state index contributed by atoms with van der Waals surface area (Å²) in [5, 5.41) is 0. The molecule has 27 aromatic rings. The first-order valence-electron chi connectivity index (χ1n) is 20.1. The molecule has 0 aliphatic rings. The summed E-state index contributed by atoms with van der Waals surface area (Å²) in [5.41, 5.74) is 12.1. The molecule has 27 rings (SSSR count). The summed E-state index contributed by atoms with van der Waals surface area (Å²) in [5.74, 6) is 0. The van der Waals surface area contributed by atoms with Crippen LogP contribution < -0.4 is 0 Å². The average Bonchev–Trinajstić information content (AvgIpc) is 3.32. The number of rotatable bonds is 0. The second-order valence-electron chi connectivity index (χ2n) is 14.2. The van der Waals surface area contributed by atoms with E-state index in [9.17, 15) is 0 Å². The van der Waals surface area contributed by atoms with Gasteiger partial charge < -0.3 is 39.8 Å². The molecule has 9 heteroatoms. The van der Waals surface area contributed by atoms with E-state index < -0.39 is 0 Å². The van der Waals surface area contributed by atoms with E-state index in [4.69, 9.17) is 39.8 Å². The van der Waals surface area contributed by atoms with Gasteiger partial charge in [0.25, 0.3) is 0 Å². The molecule has 63 heavy (non-hydrogen) atoms. The Morgan fingerprint density at radius 1 is 0.0952 bits per heavy atom. The van der Waals surface area contributed by atoms with Crippen molar-refractivity contribution < 1.29 is 39.8 Å². The molecule has 0 N–H and O–H groups in total. The Balaban J connectivity index is 0.995. The zero-order valence-corrected chi connectivity index (χ0v) is 33.5. The smallest absolute Gasteiger partial charge is 0.127 e. The molecule has 0 fully saturated rings. The van der Waals surface area contributed by atoms with E-state index in [2.05, 4.69) is 0 Å². The predicted molar refractivity (Wildman–Crippen MR) is 247 cm³/mol. The fourth-order valence-electron chi connectivity index (χ4n) is 6.41. The molecule has 0 aliphatic carbocycles. The highest BCUT2D eigenvalue weighted by Crippen LogP contribution is 2.19. The van der Waals surface area contributed by atoms with Crippen LogP contribution in [0.15, 0.2) is 258 Å². The predicted octanol–water partition coefficient (Wildman–Crippen LogP) is 16.8. The number of hydrogen-bond donors (Lipinski definition) is 0. The van der Waals surface area contributed by atoms with E-state index >= 15 is 0 Å². The fourth-order valence-corrected chi connectivity index (χ4v) is 6.41. The minimum Gasteiger partial charge on any atom is -0.457 e. The van der Waals surface area contributed by atoms with E-state index in [0.717, 1.165) is 0 Å². The zero-order chi connectivity index (χ0) is 42.2. The molecular formula is C54H36O9. The molecule has 18 bridgehead atoms. The van der Waals surface area contributed by atoms with Crippen LogP contribution in [0, 0.1) is 0 Å². The first-order chi connectivity index (χ1) is 31.0. The Hall–Kier alpha value is -8.82. The van der Waals surface area contributed by atoms with Crippen LogP contribution in [0.2, 0.25) is 0 Å². The quantitative estimate of drug-likeness (QED) is 0.147. The molecule has 0 unspecified atom stereocenters. The van der Waals surface area contributed by atoms with Crippen LogP contribution in [-0.2, 0) is 0 Å². The van der Waals surface area contributed by atoms with E-state index in [1.165, 1.54) is 0 Å². The molecular weight excluding hydrogens is 793 g/mol. The summed E-state index contributed by atoms with van der Waals surface area (Å²) in [6.07, 6.45) is 0. The highest BCUT2D eigenvalue weighted by molar-refractivity contribution is 5.64. The summed E-state index contributed by atoms with van der Waals surface area (Å²) >= 11 is 0. The maximum atomic E-state index is 6.07. The molecule has 18 aromatic heterocycles. The highest BCUT2D eigenvalue weighted by Gasteiger charge is 1.96. The monoisotopic (exact) mass is 828 g/mol. The van der Waals surface area contributed by atoms with Crippen LogP contribution in [0.3, 0.4) is 0 Å². The maximum absolute atomic E-state index is 6.07. The average molecular weight is 829 g/mol. The molecule has 9 aromatic carbocycles. The Bertz CT molecular complexity index is 2600. The van der Waals surface area contributed by atoms with Crippen LogP contribution >= 0.6 is 0 Å². The lowest BCUT2D eigenvalue weighted by Gasteiger charge is -1.95. The number of benzene rings is 9. The standard InChI is InChI=1S/C54H36O9/c1-2-38-4-3-37(1)55-39-5-7-41(8-6-39)57-43-13-15-45(16-14-43)59-47-21-23-49(24-22-47)61-51-29-31-53(32-30-51)63-54-35-33-52(34-36-54)62-50-27-25-48(26-28-50)60-46-19-17-44(18-20-46)58-42-11-9-40(56-38)10-12-42/h1-36H. The largest absolute Gasteiger partial charge is 0.457 e. The summed E-state index contributed by atoms with van der Waals surface area (Å²) < 4.78 is 54.6. The van der Waals surface area contributed by atoms with Gasteiger partial charge in [-0.3, -0.25) is 0 Å². The highest BCUT2D eigenvalue weighted by atomic mass is 16.4. The molecule has 0 aliphatic heterocycles. The van der Waals surface area contributed by atoms with E-state index in [1.54, 1.807) is 0 Å². The SMILES string of the molecule is c1cc2ccc1oc1ccc(cc1)oc1ccc(cc1)oc1ccc(cc1)oc1ccc(cc1)oc1ccc(cc1)oc1ccc(cc1)oc1ccc(cc1)oc1ccc(cc1)o2.